The number of rotatable bonds is 5. The van der Waals surface area contributed by atoms with E-state index < -0.39 is 0 Å². The van der Waals surface area contributed by atoms with E-state index >= 15 is 0 Å². The summed E-state index contributed by atoms with van der Waals surface area (Å²) in [6.07, 6.45) is 4.69. The fourth-order valence-corrected chi connectivity index (χ4v) is 4.61. The lowest BCUT2D eigenvalue weighted by molar-refractivity contribution is -0.130. The molecule has 1 fully saturated rings. The minimum Gasteiger partial charge on any atom is -0.454 e. The van der Waals surface area contributed by atoms with Crippen LogP contribution in [-0.2, 0) is 9.59 Å². The second-order valence-electron chi connectivity index (χ2n) is 8.95. The Hall–Kier alpha value is -4.01. The topological polar surface area (TPSA) is 98.8 Å². The van der Waals surface area contributed by atoms with Crippen LogP contribution < -0.4 is 14.8 Å². The highest BCUT2D eigenvalue weighted by Crippen LogP contribution is 2.34. The highest BCUT2D eigenvalue weighted by Gasteiger charge is 2.27. The van der Waals surface area contributed by atoms with Gasteiger partial charge < -0.3 is 24.2 Å². The molecule has 35 heavy (non-hydrogen) atoms. The number of piperidine rings is 1. The molecule has 0 spiro atoms. The van der Waals surface area contributed by atoms with Crippen molar-refractivity contribution in [3.63, 3.8) is 0 Å². The Kier molecular flexibility index (Phi) is 6.07. The lowest BCUT2D eigenvalue weighted by Gasteiger charge is -2.30. The second kappa shape index (κ2) is 9.32. The van der Waals surface area contributed by atoms with Crippen molar-refractivity contribution in [1.82, 2.24) is 14.6 Å². The van der Waals surface area contributed by atoms with Crippen LogP contribution >= 0.6 is 0 Å². The first-order valence-electron chi connectivity index (χ1n) is 11.7. The van der Waals surface area contributed by atoms with E-state index in [2.05, 4.69) is 10.5 Å². The van der Waals surface area contributed by atoms with Crippen LogP contribution in [0.4, 0.5) is 5.69 Å². The Morgan fingerprint density at radius 1 is 1.06 bits per heavy atom. The summed E-state index contributed by atoms with van der Waals surface area (Å²) in [5.41, 5.74) is 3.63. The molecular formula is C26H28N4O5. The SMILES string of the molecule is Cc1cc(-n2c(C)cc(/C=C/C(=O)N3CCC(C(=O)Nc4ccc5c(c4)OCO5)CC3)c2C)no1. The maximum atomic E-state index is 12.8. The number of carbonyl (C=O) groups is 2. The number of amides is 2. The molecule has 2 aliphatic rings. The Balaban J connectivity index is 1.16. The first-order valence-corrected chi connectivity index (χ1v) is 11.7. The molecule has 1 aromatic carbocycles. The van der Waals surface area contributed by atoms with Crippen LogP contribution in [-0.4, -0.2) is 46.3 Å². The van der Waals surface area contributed by atoms with Gasteiger partial charge in [-0.3, -0.25) is 14.2 Å². The van der Waals surface area contributed by atoms with Gasteiger partial charge in [-0.2, -0.15) is 0 Å². The van der Waals surface area contributed by atoms with E-state index in [0.29, 0.717) is 43.1 Å². The lowest BCUT2D eigenvalue weighted by atomic mass is 9.95. The predicted molar refractivity (Wildman–Crippen MR) is 130 cm³/mol. The maximum Gasteiger partial charge on any atom is 0.246 e. The zero-order chi connectivity index (χ0) is 24.5. The third kappa shape index (κ3) is 4.66. The number of nitrogens with zero attached hydrogens (tertiary/aromatic N) is 3. The number of hydrogen-bond acceptors (Lipinski definition) is 6. The summed E-state index contributed by atoms with van der Waals surface area (Å²) in [4.78, 5) is 27.3. The van der Waals surface area contributed by atoms with Gasteiger partial charge in [-0.15, -0.1) is 0 Å². The summed E-state index contributed by atoms with van der Waals surface area (Å²) in [6, 6.07) is 9.26. The molecule has 9 heteroatoms. The molecule has 0 saturated carbocycles. The summed E-state index contributed by atoms with van der Waals surface area (Å²) in [5.74, 6) is 2.55. The van der Waals surface area contributed by atoms with E-state index in [4.69, 9.17) is 14.0 Å². The van der Waals surface area contributed by atoms with Crippen LogP contribution in [0.15, 0.2) is 40.9 Å². The Bertz CT molecular complexity index is 1300. The number of hydrogen-bond donors (Lipinski definition) is 1. The fourth-order valence-electron chi connectivity index (χ4n) is 4.61. The molecule has 0 unspecified atom stereocenters. The van der Waals surface area contributed by atoms with Gasteiger partial charge in [0.1, 0.15) is 5.76 Å². The monoisotopic (exact) mass is 476 g/mol. The Morgan fingerprint density at radius 3 is 2.57 bits per heavy atom. The molecule has 5 rings (SSSR count). The molecule has 2 amide bonds. The first-order chi connectivity index (χ1) is 16.9. The zero-order valence-corrected chi connectivity index (χ0v) is 20.0. The van der Waals surface area contributed by atoms with Crippen molar-refractivity contribution in [2.45, 2.75) is 33.6 Å². The number of ether oxygens (including phenoxy) is 2. The van der Waals surface area contributed by atoms with Crippen LogP contribution in [0.5, 0.6) is 11.5 Å². The van der Waals surface area contributed by atoms with Gasteiger partial charge >= 0.3 is 0 Å². The third-order valence-corrected chi connectivity index (χ3v) is 6.54. The second-order valence-corrected chi connectivity index (χ2v) is 8.95. The Morgan fingerprint density at radius 2 is 1.83 bits per heavy atom. The van der Waals surface area contributed by atoms with Gasteiger partial charge in [0, 0.05) is 54.3 Å². The molecule has 9 nitrogen and oxygen atoms in total. The quantitative estimate of drug-likeness (QED) is 0.559. The van der Waals surface area contributed by atoms with Gasteiger partial charge in [0.25, 0.3) is 0 Å². The van der Waals surface area contributed by atoms with E-state index in [1.165, 1.54) is 0 Å². The van der Waals surface area contributed by atoms with E-state index in [1.54, 1.807) is 29.2 Å². The van der Waals surface area contributed by atoms with Crippen LogP contribution in [0.2, 0.25) is 0 Å². The molecule has 4 heterocycles. The molecule has 2 aromatic heterocycles. The molecular weight excluding hydrogens is 448 g/mol. The predicted octanol–water partition coefficient (Wildman–Crippen LogP) is 4.01. The van der Waals surface area contributed by atoms with Crippen molar-refractivity contribution in [3.8, 4) is 17.3 Å². The van der Waals surface area contributed by atoms with Crippen molar-refractivity contribution in [1.29, 1.82) is 0 Å². The Labute approximate surface area is 203 Å². The summed E-state index contributed by atoms with van der Waals surface area (Å²) >= 11 is 0. The molecule has 0 atom stereocenters. The third-order valence-electron chi connectivity index (χ3n) is 6.54. The molecule has 1 saturated heterocycles. The van der Waals surface area contributed by atoms with Crippen LogP contribution in [0.25, 0.3) is 11.9 Å². The van der Waals surface area contributed by atoms with E-state index in [9.17, 15) is 9.59 Å². The van der Waals surface area contributed by atoms with E-state index in [1.807, 2.05) is 43.5 Å². The maximum absolute atomic E-state index is 12.8. The lowest BCUT2D eigenvalue weighted by Crippen LogP contribution is -2.40. The highest BCUT2D eigenvalue weighted by molar-refractivity contribution is 5.94. The number of nitrogens with one attached hydrogen (secondary N) is 1. The summed E-state index contributed by atoms with van der Waals surface area (Å²) in [5, 5.41) is 7.05. The van der Waals surface area contributed by atoms with Gasteiger partial charge in [-0.05, 0) is 63.5 Å². The van der Waals surface area contributed by atoms with Crippen molar-refractivity contribution in [3.05, 3.63) is 59.1 Å². The molecule has 2 aliphatic heterocycles. The van der Waals surface area contributed by atoms with Gasteiger partial charge in [-0.1, -0.05) is 5.16 Å². The number of benzene rings is 1. The first kappa shape index (κ1) is 22.8. The van der Waals surface area contributed by atoms with Crippen molar-refractivity contribution in [2.24, 2.45) is 5.92 Å². The number of likely N-dealkylation sites (tertiary alicyclic amines) is 1. The average Bonchev–Trinajstić information content (AvgIpc) is 3.56. The average molecular weight is 477 g/mol. The van der Waals surface area contributed by atoms with Crippen molar-refractivity contribution < 1.29 is 23.6 Å². The normalized spacial score (nSPS) is 15.7. The van der Waals surface area contributed by atoms with Gasteiger partial charge in [-0.25, -0.2) is 0 Å². The smallest absolute Gasteiger partial charge is 0.246 e. The summed E-state index contributed by atoms with van der Waals surface area (Å²) < 4.78 is 17.9. The minimum atomic E-state index is -0.140. The molecule has 0 bridgehead atoms. The molecule has 0 aliphatic carbocycles. The molecule has 3 aromatic rings. The van der Waals surface area contributed by atoms with Gasteiger partial charge in [0.05, 0.1) is 0 Å². The summed E-state index contributed by atoms with van der Waals surface area (Å²) in [6.45, 7) is 7.12. The van der Waals surface area contributed by atoms with Gasteiger partial charge in [0.2, 0.25) is 18.6 Å². The van der Waals surface area contributed by atoms with Crippen molar-refractivity contribution in [2.75, 3.05) is 25.2 Å². The van der Waals surface area contributed by atoms with Crippen LogP contribution in [0, 0.1) is 26.7 Å². The van der Waals surface area contributed by atoms with E-state index in [-0.39, 0.29) is 24.5 Å². The van der Waals surface area contributed by atoms with Crippen molar-refractivity contribution >= 4 is 23.6 Å². The van der Waals surface area contributed by atoms with Crippen LogP contribution in [0.3, 0.4) is 0 Å². The number of carbonyl (C=O) groups excluding carboxylic acids is 2. The van der Waals surface area contributed by atoms with Gasteiger partial charge in [0.15, 0.2) is 17.3 Å². The fraction of sp³-hybridized carbons (Fsp3) is 0.346. The number of fused-ring (bicyclic) bond motifs is 1. The summed E-state index contributed by atoms with van der Waals surface area (Å²) in [7, 11) is 0. The standard InChI is InChI=1S/C26H28N4O5/c1-16-12-20(18(3)30(16)24-13-17(2)35-28-24)4-7-25(31)29-10-8-19(9-11-29)26(32)27-21-5-6-22-23(14-21)34-15-33-22/h4-7,12-14,19H,8-11,15H2,1-3H3,(H,27,32)/b7-4+. The molecule has 182 valence electrons. The number of aromatic nitrogens is 2. The van der Waals surface area contributed by atoms with Crippen LogP contribution in [0.1, 0.15) is 35.6 Å². The zero-order valence-electron chi connectivity index (χ0n) is 20.0. The minimum absolute atomic E-state index is 0.0398. The molecule has 1 N–H and O–H groups in total. The number of aryl methyl sites for hydroxylation is 2. The number of anilines is 1. The largest absolute Gasteiger partial charge is 0.454 e. The molecule has 0 radical (unpaired) electrons. The van der Waals surface area contributed by atoms with E-state index in [0.717, 1.165) is 28.5 Å². The highest BCUT2D eigenvalue weighted by atomic mass is 16.7.